The second kappa shape index (κ2) is 6.26. The van der Waals surface area contributed by atoms with Crippen molar-refractivity contribution in [2.24, 2.45) is 0 Å². The summed E-state index contributed by atoms with van der Waals surface area (Å²) < 4.78 is 0.989. The minimum Gasteiger partial charge on any atom is -0.322 e. The molecule has 0 aliphatic heterocycles. The van der Waals surface area contributed by atoms with Gasteiger partial charge in [0.1, 0.15) is 0 Å². The molecule has 0 heterocycles. The number of thioether (sulfide) groups is 1. The third-order valence-corrected chi connectivity index (χ3v) is 4.52. The lowest BCUT2D eigenvalue weighted by Crippen LogP contribution is -2.13. The number of hydrogen-bond donors (Lipinski definition) is 1. The molecular formula is C15H14BrNOS. The predicted octanol–water partition coefficient (Wildman–Crippen LogP) is 4.73. The van der Waals surface area contributed by atoms with Gasteiger partial charge in [-0.05, 0) is 43.0 Å². The molecule has 0 saturated carbocycles. The van der Waals surface area contributed by atoms with Gasteiger partial charge in [0.2, 0.25) is 0 Å². The zero-order valence-corrected chi connectivity index (χ0v) is 13.1. The number of hydrogen-bond acceptors (Lipinski definition) is 2. The van der Waals surface area contributed by atoms with Gasteiger partial charge in [0.15, 0.2) is 0 Å². The van der Waals surface area contributed by atoms with Crippen molar-refractivity contribution in [1.82, 2.24) is 0 Å². The molecule has 0 aliphatic rings. The SMILES string of the molecule is CSc1ccccc1C(=O)Nc1cccc(Br)c1C. The summed E-state index contributed by atoms with van der Waals surface area (Å²) in [6.45, 7) is 1.97. The molecular weight excluding hydrogens is 322 g/mol. The molecule has 2 aromatic rings. The molecule has 19 heavy (non-hydrogen) atoms. The molecule has 0 atom stereocenters. The van der Waals surface area contributed by atoms with E-state index in [0.29, 0.717) is 5.56 Å². The molecule has 0 spiro atoms. The third kappa shape index (κ3) is 3.19. The van der Waals surface area contributed by atoms with Crippen molar-refractivity contribution in [3.8, 4) is 0 Å². The van der Waals surface area contributed by atoms with E-state index in [1.807, 2.05) is 55.6 Å². The van der Waals surface area contributed by atoms with Crippen molar-refractivity contribution in [2.75, 3.05) is 11.6 Å². The summed E-state index contributed by atoms with van der Waals surface area (Å²) in [7, 11) is 0. The van der Waals surface area contributed by atoms with Crippen LogP contribution in [0.25, 0.3) is 0 Å². The summed E-state index contributed by atoms with van der Waals surface area (Å²) in [6.07, 6.45) is 1.97. The standard InChI is InChI=1S/C15H14BrNOS/c1-10-12(16)7-5-8-13(10)17-15(18)11-6-3-4-9-14(11)19-2/h3-9H,1-2H3,(H,17,18). The fourth-order valence-electron chi connectivity index (χ4n) is 1.76. The van der Waals surface area contributed by atoms with E-state index in [1.54, 1.807) is 11.8 Å². The van der Waals surface area contributed by atoms with Crippen molar-refractivity contribution < 1.29 is 4.79 Å². The Hall–Kier alpha value is -1.26. The van der Waals surface area contributed by atoms with Gasteiger partial charge in [-0.1, -0.05) is 34.1 Å². The van der Waals surface area contributed by atoms with E-state index < -0.39 is 0 Å². The smallest absolute Gasteiger partial charge is 0.256 e. The maximum absolute atomic E-state index is 12.3. The van der Waals surface area contributed by atoms with Crippen molar-refractivity contribution in [3.05, 3.63) is 58.1 Å². The number of carbonyl (C=O) groups is 1. The van der Waals surface area contributed by atoms with E-state index >= 15 is 0 Å². The first-order valence-corrected chi connectivity index (χ1v) is 7.84. The quantitative estimate of drug-likeness (QED) is 0.821. The Morgan fingerprint density at radius 2 is 1.89 bits per heavy atom. The Labute approximate surface area is 125 Å². The summed E-state index contributed by atoms with van der Waals surface area (Å²) in [5.74, 6) is -0.0776. The number of nitrogens with one attached hydrogen (secondary N) is 1. The summed E-state index contributed by atoms with van der Waals surface area (Å²) in [5.41, 5.74) is 2.56. The fraction of sp³-hybridized carbons (Fsp3) is 0.133. The number of halogens is 1. The molecule has 2 aromatic carbocycles. The Bertz CT molecular complexity index is 613. The molecule has 0 radical (unpaired) electrons. The Balaban J connectivity index is 2.28. The third-order valence-electron chi connectivity index (χ3n) is 2.87. The van der Waals surface area contributed by atoms with Crippen LogP contribution in [0.15, 0.2) is 51.8 Å². The molecule has 0 aromatic heterocycles. The van der Waals surface area contributed by atoms with Gasteiger partial charge in [0.25, 0.3) is 5.91 Å². The van der Waals surface area contributed by atoms with Gasteiger partial charge in [-0.15, -0.1) is 11.8 Å². The summed E-state index contributed by atoms with van der Waals surface area (Å²) in [5, 5.41) is 2.96. The fourth-order valence-corrected chi connectivity index (χ4v) is 2.73. The molecule has 1 N–H and O–H groups in total. The van der Waals surface area contributed by atoms with Crippen molar-refractivity contribution in [1.29, 1.82) is 0 Å². The molecule has 0 unspecified atom stereocenters. The van der Waals surface area contributed by atoms with Gasteiger partial charge in [-0.25, -0.2) is 0 Å². The highest BCUT2D eigenvalue weighted by atomic mass is 79.9. The lowest BCUT2D eigenvalue weighted by Gasteiger charge is -2.11. The zero-order chi connectivity index (χ0) is 13.8. The van der Waals surface area contributed by atoms with Crippen LogP contribution >= 0.6 is 27.7 Å². The van der Waals surface area contributed by atoms with Gasteiger partial charge in [0, 0.05) is 15.1 Å². The zero-order valence-electron chi connectivity index (χ0n) is 10.7. The minimum absolute atomic E-state index is 0.0776. The predicted molar refractivity (Wildman–Crippen MR) is 85.1 cm³/mol. The topological polar surface area (TPSA) is 29.1 Å². The van der Waals surface area contributed by atoms with Crippen molar-refractivity contribution in [2.45, 2.75) is 11.8 Å². The molecule has 4 heteroatoms. The first-order valence-electron chi connectivity index (χ1n) is 5.83. The van der Waals surface area contributed by atoms with Crippen LogP contribution in [0.4, 0.5) is 5.69 Å². The summed E-state index contributed by atoms with van der Waals surface area (Å²) in [6, 6.07) is 13.4. The number of anilines is 1. The second-order valence-electron chi connectivity index (χ2n) is 4.07. The molecule has 0 bridgehead atoms. The minimum atomic E-state index is -0.0776. The number of benzene rings is 2. The number of carbonyl (C=O) groups excluding carboxylic acids is 1. The van der Waals surface area contributed by atoms with Crippen LogP contribution in [0.1, 0.15) is 15.9 Å². The largest absolute Gasteiger partial charge is 0.322 e. The van der Waals surface area contributed by atoms with Gasteiger partial charge in [-0.3, -0.25) is 4.79 Å². The van der Waals surface area contributed by atoms with Gasteiger partial charge in [0.05, 0.1) is 5.56 Å². The number of rotatable bonds is 3. The molecule has 0 saturated heterocycles. The Morgan fingerprint density at radius 3 is 2.63 bits per heavy atom. The van der Waals surface area contributed by atoms with E-state index in [0.717, 1.165) is 20.6 Å². The van der Waals surface area contributed by atoms with Crippen molar-refractivity contribution >= 4 is 39.3 Å². The summed E-state index contributed by atoms with van der Waals surface area (Å²) >= 11 is 5.04. The van der Waals surface area contributed by atoms with Crippen LogP contribution in [0.5, 0.6) is 0 Å². The highest BCUT2D eigenvalue weighted by molar-refractivity contribution is 9.10. The maximum Gasteiger partial charge on any atom is 0.256 e. The highest BCUT2D eigenvalue weighted by Crippen LogP contribution is 2.25. The molecule has 98 valence electrons. The van der Waals surface area contributed by atoms with Gasteiger partial charge >= 0.3 is 0 Å². The molecule has 2 nitrogen and oxygen atoms in total. The van der Waals surface area contributed by atoms with Crippen molar-refractivity contribution in [3.63, 3.8) is 0 Å². The van der Waals surface area contributed by atoms with Gasteiger partial charge in [-0.2, -0.15) is 0 Å². The number of amides is 1. The lowest BCUT2D eigenvalue weighted by molar-refractivity contribution is 0.102. The molecule has 2 rings (SSSR count). The maximum atomic E-state index is 12.3. The van der Waals surface area contributed by atoms with Crippen LogP contribution in [0.2, 0.25) is 0 Å². The van der Waals surface area contributed by atoms with Crippen LogP contribution in [0.3, 0.4) is 0 Å². The average Bonchev–Trinajstić information content (AvgIpc) is 2.43. The normalized spacial score (nSPS) is 10.3. The summed E-state index contributed by atoms with van der Waals surface area (Å²) in [4.78, 5) is 13.3. The highest BCUT2D eigenvalue weighted by Gasteiger charge is 2.12. The van der Waals surface area contributed by atoms with E-state index in [2.05, 4.69) is 21.2 Å². The van der Waals surface area contributed by atoms with Crippen LogP contribution in [0, 0.1) is 6.92 Å². The molecule has 0 aliphatic carbocycles. The van der Waals surface area contributed by atoms with Crippen LogP contribution in [-0.4, -0.2) is 12.2 Å². The van der Waals surface area contributed by atoms with Crippen LogP contribution in [-0.2, 0) is 0 Å². The van der Waals surface area contributed by atoms with E-state index in [1.165, 1.54) is 0 Å². The van der Waals surface area contributed by atoms with Crippen LogP contribution < -0.4 is 5.32 Å². The second-order valence-corrected chi connectivity index (χ2v) is 5.77. The van der Waals surface area contributed by atoms with Gasteiger partial charge < -0.3 is 5.32 Å². The van der Waals surface area contributed by atoms with E-state index in [4.69, 9.17) is 0 Å². The molecule has 0 fully saturated rings. The van der Waals surface area contributed by atoms with E-state index in [9.17, 15) is 4.79 Å². The van der Waals surface area contributed by atoms with E-state index in [-0.39, 0.29) is 5.91 Å². The molecule has 1 amide bonds. The first kappa shape index (κ1) is 14.2. The Kier molecular flexibility index (Phi) is 4.66. The monoisotopic (exact) mass is 335 g/mol. The average molecular weight is 336 g/mol. The Morgan fingerprint density at radius 1 is 1.16 bits per heavy atom. The lowest BCUT2D eigenvalue weighted by atomic mass is 10.1. The first-order chi connectivity index (χ1) is 9.13.